The highest BCUT2D eigenvalue weighted by Gasteiger charge is 2.35. The van der Waals surface area contributed by atoms with Crippen LogP contribution in [0.1, 0.15) is 53.4 Å². The molecule has 1 rings (SSSR count). The monoisotopic (exact) mass is 270 g/mol. The summed E-state index contributed by atoms with van der Waals surface area (Å²) in [7, 11) is 0. The van der Waals surface area contributed by atoms with Gasteiger partial charge < -0.3 is 15.3 Å². The van der Waals surface area contributed by atoms with Crippen molar-refractivity contribution in [1.82, 2.24) is 10.2 Å². The molecule has 1 aliphatic heterocycles. The molecule has 1 aliphatic rings. The molecular formula is C15H30N2O2. The maximum atomic E-state index is 12.2. The van der Waals surface area contributed by atoms with Gasteiger partial charge in [0.05, 0.1) is 0 Å². The van der Waals surface area contributed by atoms with Crippen molar-refractivity contribution in [3.63, 3.8) is 0 Å². The molecule has 0 aliphatic carbocycles. The summed E-state index contributed by atoms with van der Waals surface area (Å²) in [6.07, 6.45) is 3.98. The molecule has 0 radical (unpaired) electrons. The molecule has 0 bridgehead atoms. The number of amides is 2. The first-order chi connectivity index (χ1) is 8.86. The predicted octanol–water partition coefficient (Wildman–Crippen LogP) is 2.62. The number of hydrogen-bond donors (Lipinski definition) is 2. The van der Waals surface area contributed by atoms with Crippen LogP contribution in [-0.4, -0.2) is 41.3 Å². The highest BCUT2D eigenvalue weighted by molar-refractivity contribution is 5.75. The topological polar surface area (TPSA) is 52.6 Å². The molecule has 19 heavy (non-hydrogen) atoms. The van der Waals surface area contributed by atoms with Gasteiger partial charge in [-0.3, -0.25) is 0 Å². The Kier molecular flexibility index (Phi) is 6.11. The first-order valence-electron chi connectivity index (χ1n) is 7.53. The van der Waals surface area contributed by atoms with Gasteiger partial charge in [0.2, 0.25) is 0 Å². The van der Waals surface area contributed by atoms with E-state index in [1.54, 1.807) is 0 Å². The summed E-state index contributed by atoms with van der Waals surface area (Å²) >= 11 is 0. The largest absolute Gasteiger partial charge is 0.396 e. The lowest BCUT2D eigenvalue weighted by Gasteiger charge is -2.32. The number of hydrogen-bond acceptors (Lipinski definition) is 2. The van der Waals surface area contributed by atoms with E-state index in [1.165, 1.54) is 0 Å². The van der Waals surface area contributed by atoms with Crippen LogP contribution >= 0.6 is 0 Å². The van der Waals surface area contributed by atoms with Crippen molar-refractivity contribution in [2.24, 2.45) is 11.8 Å². The zero-order valence-electron chi connectivity index (χ0n) is 12.9. The molecule has 0 aromatic heterocycles. The molecule has 0 aromatic carbocycles. The second-order valence-corrected chi connectivity index (χ2v) is 6.76. The fourth-order valence-corrected chi connectivity index (χ4v) is 2.96. The van der Waals surface area contributed by atoms with Crippen molar-refractivity contribution in [3.8, 4) is 0 Å². The number of urea groups is 1. The highest BCUT2D eigenvalue weighted by atomic mass is 16.3. The average Bonchev–Trinajstić information content (AvgIpc) is 2.65. The third-order valence-electron chi connectivity index (χ3n) is 4.03. The van der Waals surface area contributed by atoms with E-state index in [0.29, 0.717) is 18.4 Å². The van der Waals surface area contributed by atoms with Crippen LogP contribution in [0.3, 0.4) is 0 Å². The van der Waals surface area contributed by atoms with E-state index in [2.05, 4.69) is 33.0 Å². The average molecular weight is 270 g/mol. The Morgan fingerprint density at radius 2 is 2.11 bits per heavy atom. The zero-order valence-corrected chi connectivity index (χ0v) is 12.9. The molecule has 4 nitrogen and oxygen atoms in total. The maximum Gasteiger partial charge on any atom is 0.317 e. The maximum absolute atomic E-state index is 12.2. The Labute approximate surface area is 117 Å². The number of likely N-dealkylation sites (tertiary alicyclic amines) is 1. The van der Waals surface area contributed by atoms with Crippen molar-refractivity contribution in [2.45, 2.75) is 58.9 Å². The summed E-state index contributed by atoms with van der Waals surface area (Å²) in [6, 6.07) is 0.0502. The number of aliphatic hydroxyl groups is 1. The van der Waals surface area contributed by atoms with Crippen molar-refractivity contribution >= 4 is 6.03 Å². The number of rotatable bonds is 6. The molecule has 0 aromatic rings. The zero-order chi connectivity index (χ0) is 14.5. The summed E-state index contributed by atoms with van der Waals surface area (Å²) in [5.41, 5.74) is -0.0192. The predicted molar refractivity (Wildman–Crippen MR) is 78.1 cm³/mol. The third kappa shape index (κ3) is 5.01. The standard InChI is InChI=1S/C15H30N2O2/c1-12(2)10-13(6-9-18)11-16-14(19)17-8-5-7-15(17,3)4/h12-13,18H,5-11H2,1-4H3,(H,16,19)/t13-/m1/s1. The Morgan fingerprint density at radius 3 is 2.58 bits per heavy atom. The lowest BCUT2D eigenvalue weighted by Crippen LogP contribution is -2.49. The second-order valence-electron chi connectivity index (χ2n) is 6.76. The van der Waals surface area contributed by atoms with Gasteiger partial charge in [-0.25, -0.2) is 4.79 Å². The number of nitrogens with zero attached hydrogens (tertiary/aromatic N) is 1. The minimum Gasteiger partial charge on any atom is -0.396 e. The molecule has 1 atom stereocenters. The van der Waals surface area contributed by atoms with E-state index in [-0.39, 0.29) is 18.2 Å². The van der Waals surface area contributed by atoms with Gasteiger partial charge in [-0.1, -0.05) is 13.8 Å². The summed E-state index contributed by atoms with van der Waals surface area (Å²) in [5, 5.41) is 12.1. The minimum atomic E-state index is -0.0192. The van der Waals surface area contributed by atoms with E-state index in [4.69, 9.17) is 5.11 Å². The van der Waals surface area contributed by atoms with Gasteiger partial charge in [0, 0.05) is 25.2 Å². The molecular weight excluding hydrogens is 240 g/mol. The Morgan fingerprint density at radius 1 is 1.42 bits per heavy atom. The number of carbonyl (C=O) groups is 1. The molecule has 1 fully saturated rings. The van der Waals surface area contributed by atoms with Crippen molar-refractivity contribution in [1.29, 1.82) is 0 Å². The van der Waals surface area contributed by atoms with E-state index in [1.807, 2.05) is 4.90 Å². The molecule has 0 saturated carbocycles. The van der Waals surface area contributed by atoms with Crippen LogP contribution in [0.2, 0.25) is 0 Å². The van der Waals surface area contributed by atoms with Crippen molar-refractivity contribution < 1.29 is 9.90 Å². The van der Waals surface area contributed by atoms with Gasteiger partial charge in [-0.05, 0) is 51.4 Å². The van der Waals surface area contributed by atoms with Gasteiger partial charge in [0.15, 0.2) is 0 Å². The van der Waals surface area contributed by atoms with Gasteiger partial charge >= 0.3 is 6.03 Å². The van der Waals surface area contributed by atoms with Crippen molar-refractivity contribution in [3.05, 3.63) is 0 Å². The van der Waals surface area contributed by atoms with Crippen molar-refractivity contribution in [2.75, 3.05) is 19.7 Å². The van der Waals surface area contributed by atoms with Crippen LogP contribution in [-0.2, 0) is 0 Å². The van der Waals surface area contributed by atoms with Crippen LogP contribution in [0.25, 0.3) is 0 Å². The normalized spacial score (nSPS) is 19.8. The fraction of sp³-hybridized carbons (Fsp3) is 0.933. The van der Waals surface area contributed by atoms with E-state index < -0.39 is 0 Å². The summed E-state index contributed by atoms with van der Waals surface area (Å²) in [5.74, 6) is 0.969. The van der Waals surface area contributed by atoms with Gasteiger partial charge in [-0.15, -0.1) is 0 Å². The van der Waals surface area contributed by atoms with Crippen LogP contribution in [0, 0.1) is 11.8 Å². The molecule has 1 heterocycles. The van der Waals surface area contributed by atoms with Crippen LogP contribution in [0.4, 0.5) is 4.79 Å². The highest BCUT2D eigenvalue weighted by Crippen LogP contribution is 2.28. The number of aliphatic hydroxyl groups excluding tert-OH is 1. The third-order valence-corrected chi connectivity index (χ3v) is 4.03. The molecule has 1 saturated heterocycles. The molecule has 2 amide bonds. The Hall–Kier alpha value is -0.770. The molecule has 2 N–H and O–H groups in total. The fourth-order valence-electron chi connectivity index (χ4n) is 2.96. The molecule has 4 heteroatoms. The minimum absolute atomic E-state index is 0.0192. The molecule has 0 spiro atoms. The van der Waals surface area contributed by atoms with Crippen LogP contribution in [0.5, 0.6) is 0 Å². The van der Waals surface area contributed by atoms with Gasteiger partial charge in [0.25, 0.3) is 0 Å². The van der Waals surface area contributed by atoms with E-state index >= 15 is 0 Å². The molecule has 0 unspecified atom stereocenters. The Balaban J connectivity index is 2.43. The molecule has 112 valence electrons. The second kappa shape index (κ2) is 7.13. The van der Waals surface area contributed by atoms with E-state index in [9.17, 15) is 4.79 Å². The smallest absolute Gasteiger partial charge is 0.317 e. The quantitative estimate of drug-likeness (QED) is 0.779. The number of nitrogens with one attached hydrogen (secondary N) is 1. The van der Waals surface area contributed by atoms with Gasteiger partial charge in [0.1, 0.15) is 0 Å². The summed E-state index contributed by atoms with van der Waals surface area (Å²) in [6.45, 7) is 10.3. The lowest BCUT2D eigenvalue weighted by atomic mass is 9.94. The van der Waals surface area contributed by atoms with Crippen LogP contribution in [0.15, 0.2) is 0 Å². The Bertz CT molecular complexity index is 290. The first-order valence-corrected chi connectivity index (χ1v) is 7.53. The van der Waals surface area contributed by atoms with Gasteiger partial charge in [-0.2, -0.15) is 0 Å². The lowest BCUT2D eigenvalue weighted by molar-refractivity contribution is 0.161. The summed E-state index contributed by atoms with van der Waals surface area (Å²) < 4.78 is 0. The number of carbonyl (C=O) groups excluding carboxylic acids is 1. The van der Waals surface area contributed by atoms with Crippen LogP contribution < -0.4 is 5.32 Å². The SMILES string of the molecule is CC(C)C[C@@H](CCO)CNC(=O)N1CCCC1(C)C. The van der Waals surface area contributed by atoms with E-state index in [0.717, 1.165) is 32.2 Å². The first kappa shape index (κ1) is 16.3. The summed E-state index contributed by atoms with van der Waals surface area (Å²) in [4.78, 5) is 14.2.